The van der Waals surface area contributed by atoms with Crippen molar-refractivity contribution in [3.05, 3.63) is 70.3 Å². The second kappa shape index (κ2) is 11.4. The van der Waals surface area contributed by atoms with E-state index in [-0.39, 0.29) is 18.0 Å². The van der Waals surface area contributed by atoms with Gasteiger partial charge in [0.05, 0.1) is 4.92 Å². The highest BCUT2D eigenvalue weighted by atomic mass is 16.6. The minimum atomic E-state index is -0.931. The highest BCUT2D eigenvalue weighted by molar-refractivity contribution is 5.82. The van der Waals surface area contributed by atoms with Crippen molar-refractivity contribution in [3.63, 3.8) is 0 Å². The molecule has 9 heteroatoms. The van der Waals surface area contributed by atoms with Gasteiger partial charge >= 0.3 is 12.1 Å². The molecular weight excluding hydrogens is 378 g/mol. The fraction of sp³-hybridized carbons (Fsp3) is 0.300. The first kappa shape index (κ1) is 21.8. The predicted octanol–water partition coefficient (Wildman–Crippen LogP) is 2.92. The van der Waals surface area contributed by atoms with Gasteiger partial charge in [-0.25, -0.2) is 9.59 Å². The van der Waals surface area contributed by atoms with Crippen LogP contribution < -0.4 is 15.8 Å². The van der Waals surface area contributed by atoms with E-state index in [2.05, 4.69) is 5.32 Å². The molecule has 0 saturated heterocycles. The number of rotatable bonds is 10. The van der Waals surface area contributed by atoms with Gasteiger partial charge in [-0.05, 0) is 43.5 Å². The summed E-state index contributed by atoms with van der Waals surface area (Å²) in [4.78, 5) is 34.7. The highest BCUT2D eigenvalue weighted by Crippen LogP contribution is 2.18. The lowest BCUT2D eigenvalue weighted by molar-refractivity contribution is -0.384. The lowest BCUT2D eigenvalue weighted by atomic mass is 10.1. The van der Waals surface area contributed by atoms with Crippen molar-refractivity contribution >= 4 is 17.7 Å². The van der Waals surface area contributed by atoms with Crippen LogP contribution in [0.5, 0.6) is 5.75 Å². The molecule has 0 spiro atoms. The number of hydrogen-bond acceptors (Lipinski definition) is 7. The Hall–Kier alpha value is -3.46. The number of nitrogens with one attached hydrogen (secondary N) is 1. The lowest BCUT2D eigenvalue weighted by Gasteiger charge is -2.17. The largest absolute Gasteiger partial charge is 0.445 e. The number of unbranched alkanes of at least 4 members (excludes halogenated alkanes) is 1. The van der Waals surface area contributed by atoms with Crippen LogP contribution in [-0.2, 0) is 16.1 Å². The van der Waals surface area contributed by atoms with Crippen molar-refractivity contribution in [2.45, 2.75) is 31.9 Å². The molecule has 9 nitrogen and oxygen atoms in total. The Morgan fingerprint density at radius 2 is 1.76 bits per heavy atom. The summed E-state index contributed by atoms with van der Waals surface area (Å²) in [5.41, 5.74) is 6.18. The number of alkyl carbamates (subject to hydrolysis) is 1. The molecule has 0 radical (unpaired) electrons. The van der Waals surface area contributed by atoms with Crippen LogP contribution in [0.4, 0.5) is 10.5 Å². The number of nitro groups is 1. The van der Waals surface area contributed by atoms with E-state index in [0.29, 0.717) is 25.8 Å². The van der Waals surface area contributed by atoms with E-state index in [4.69, 9.17) is 15.2 Å². The van der Waals surface area contributed by atoms with Crippen molar-refractivity contribution in [2.75, 3.05) is 6.54 Å². The molecule has 2 aromatic carbocycles. The molecule has 3 N–H and O–H groups in total. The van der Waals surface area contributed by atoms with Gasteiger partial charge in [-0.3, -0.25) is 10.1 Å². The summed E-state index contributed by atoms with van der Waals surface area (Å²) in [5.74, 6) is -0.545. The van der Waals surface area contributed by atoms with Gasteiger partial charge in [-0.2, -0.15) is 0 Å². The van der Waals surface area contributed by atoms with Crippen LogP contribution in [0.1, 0.15) is 24.8 Å². The first-order valence-electron chi connectivity index (χ1n) is 9.13. The molecule has 0 heterocycles. The summed E-state index contributed by atoms with van der Waals surface area (Å²) in [6, 6.07) is 13.3. The average Bonchev–Trinajstić information content (AvgIpc) is 2.72. The van der Waals surface area contributed by atoms with E-state index in [9.17, 15) is 19.7 Å². The smallest absolute Gasteiger partial charge is 0.408 e. The lowest BCUT2D eigenvalue weighted by Crippen LogP contribution is -2.43. The number of esters is 1. The molecule has 2 aromatic rings. The van der Waals surface area contributed by atoms with Crippen LogP contribution in [0.2, 0.25) is 0 Å². The zero-order valence-electron chi connectivity index (χ0n) is 15.8. The van der Waals surface area contributed by atoms with Crippen molar-refractivity contribution in [2.24, 2.45) is 5.73 Å². The highest BCUT2D eigenvalue weighted by Gasteiger charge is 2.23. The van der Waals surface area contributed by atoms with E-state index in [1.165, 1.54) is 24.3 Å². The van der Waals surface area contributed by atoms with E-state index >= 15 is 0 Å². The first-order valence-corrected chi connectivity index (χ1v) is 9.13. The van der Waals surface area contributed by atoms with Gasteiger partial charge in [0.2, 0.25) is 0 Å². The number of hydrogen-bond donors (Lipinski definition) is 2. The maximum Gasteiger partial charge on any atom is 0.408 e. The summed E-state index contributed by atoms with van der Waals surface area (Å²) < 4.78 is 10.4. The Balaban J connectivity index is 1.95. The quantitative estimate of drug-likeness (QED) is 0.205. The van der Waals surface area contributed by atoms with Crippen LogP contribution in [-0.4, -0.2) is 29.6 Å². The number of nitro benzene ring substituents is 1. The number of nitrogens with zero attached hydrogens (tertiary/aromatic N) is 1. The third-order valence-corrected chi connectivity index (χ3v) is 4.00. The Morgan fingerprint density at radius 3 is 2.38 bits per heavy atom. The molecule has 0 aromatic heterocycles. The summed E-state index contributed by atoms with van der Waals surface area (Å²) >= 11 is 0. The fourth-order valence-corrected chi connectivity index (χ4v) is 2.47. The summed E-state index contributed by atoms with van der Waals surface area (Å²) in [5, 5.41) is 13.2. The zero-order valence-corrected chi connectivity index (χ0v) is 15.8. The van der Waals surface area contributed by atoms with Crippen molar-refractivity contribution in [1.82, 2.24) is 5.32 Å². The van der Waals surface area contributed by atoms with Crippen molar-refractivity contribution < 1.29 is 24.0 Å². The predicted molar refractivity (Wildman–Crippen MR) is 105 cm³/mol. The fourth-order valence-electron chi connectivity index (χ4n) is 2.47. The van der Waals surface area contributed by atoms with Gasteiger partial charge in [-0.1, -0.05) is 30.3 Å². The minimum Gasteiger partial charge on any atom is -0.445 e. The van der Waals surface area contributed by atoms with E-state index in [1.54, 1.807) is 0 Å². The molecule has 1 unspecified atom stereocenters. The molecule has 0 saturated carbocycles. The molecule has 29 heavy (non-hydrogen) atoms. The monoisotopic (exact) mass is 401 g/mol. The van der Waals surface area contributed by atoms with Crippen molar-refractivity contribution in [3.8, 4) is 5.75 Å². The average molecular weight is 401 g/mol. The van der Waals surface area contributed by atoms with Gasteiger partial charge in [0.25, 0.3) is 5.69 Å². The van der Waals surface area contributed by atoms with E-state index in [0.717, 1.165) is 5.56 Å². The molecule has 1 amide bonds. The Kier molecular flexibility index (Phi) is 8.58. The van der Waals surface area contributed by atoms with Gasteiger partial charge in [0.15, 0.2) is 0 Å². The molecule has 2 rings (SSSR count). The minimum absolute atomic E-state index is 0.0690. The number of benzene rings is 2. The molecule has 0 bridgehead atoms. The number of ether oxygens (including phenoxy) is 2. The van der Waals surface area contributed by atoms with E-state index in [1.807, 2.05) is 30.3 Å². The molecular formula is C20H23N3O6. The number of non-ortho nitro benzene ring substituents is 1. The van der Waals surface area contributed by atoms with Crippen LogP contribution in [0, 0.1) is 10.1 Å². The van der Waals surface area contributed by atoms with Crippen LogP contribution in [0.3, 0.4) is 0 Å². The Labute approximate surface area is 168 Å². The van der Waals surface area contributed by atoms with Crippen molar-refractivity contribution in [1.29, 1.82) is 0 Å². The summed E-state index contributed by atoms with van der Waals surface area (Å²) in [7, 11) is 0. The molecule has 0 fully saturated rings. The van der Waals surface area contributed by atoms with E-state index < -0.39 is 23.0 Å². The maximum absolute atomic E-state index is 12.5. The second-order valence-electron chi connectivity index (χ2n) is 6.22. The van der Waals surface area contributed by atoms with Gasteiger partial charge < -0.3 is 20.5 Å². The Bertz CT molecular complexity index is 811. The third-order valence-electron chi connectivity index (χ3n) is 4.00. The van der Waals surface area contributed by atoms with Crippen LogP contribution >= 0.6 is 0 Å². The molecule has 0 aliphatic heterocycles. The number of amides is 1. The van der Waals surface area contributed by atoms with Gasteiger partial charge in [0, 0.05) is 12.1 Å². The third kappa shape index (κ3) is 7.59. The molecule has 1 atom stereocenters. The summed E-state index contributed by atoms with van der Waals surface area (Å²) in [6.07, 6.45) is 0.869. The molecule has 154 valence electrons. The Morgan fingerprint density at radius 1 is 1.07 bits per heavy atom. The molecule has 0 aliphatic rings. The standard InChI is InChI=1S/C20H23N3O6/c21-13-5-4-8-18(22-20(25)28-14-15-6-2-1-3-7-15)19(24)29-17-11-9-16(10-12-17)23(26)27/h1-3,6-7,9-12,18H,4-5,8,13-14,21H2,(H,22,25). The number of nitrogens with two attached hydrogens (primary N) is 1. The first-order chi connectivity index (χ1) is 14.0. The van der Waals surface area contributed by atoms with Crippen LogP contribution in [0.15, 0.2) is 54.6 Å². The normalized spacial score (nSPS) is 11.3. The van der Waals surface area contributed by atoms with Crippen LogP contribution in [0.25, 0.3) is 0 Å². The van der Waals surface area contributed by atoms with Gasteiger partial charge in [0.1, 0.15) is 18.4 Å². The number of carbonyl (C=O) groups excluding carboxylic acids is 2. The SMILES string of the molecule is NCCCCC(NC(=O)OCc1ccccc1)C(=O)Oc1ccc([N+](=O)[O-])cc1. The number of carbonyl (C=O) groups is 2. The second-order valence-corrected chi connectivity index (χ2v) is 6.22. The topological polar surface area (TPSA) is 134 Å². The zero-order chi connectivity index (χ0) is 21.1. The van der Waals surface area contributed by atoms with Gasteiger partial charge in [-0.15, -0.1) is 0 Å². The summed E-state index contributed by atoms with van der Waals surface area (Å²) in [6.45, 7) is 0.530. The maximum atomic E-state index is 12.5. The molecule has 0 aliphatic carbocycles.